The number of carboxylic acids is 1. The highest BCUT2D eigenvalue weighted by atomic mass is 16.5. The zero-order chi connectivity index (χ0) is 30.1. The summed E-state index contributed by atoms with van der Waals surface area (Å²) in [6.45, 7) is 14.8. The predicted octanol–water partition coefficient (Wildman–Crippen LogP) is 5.44. The number of ether oxygens (including phenoxy) is 1. The van der Waals surface area contributed by atoms with Gasteiger partial charge in [-0.2, -0.15) is 0 Å². The van der Waals surface area contributed by atoms with E-state index < -0.39 is 17.9 Å². The van der Waals surface area contributed by atoms with Crippen LogP contribution in [0.4, 0.5) is 0 Å². The van der Waals surface area contributed by atoms with Gasteiger partial charge in [0.05, 0.1) is 6.10 Å². The quantitative estimate of drug-likeness (QED) is 0.233. The van der Waals surface area contributed by atoms with E-state index in [1.807, 2.05) is 13.0 Å². The Balaban J connectivity index is 2.20. The maximum absolute atomic E-state index is 12.4. The number of aliphatic hydroxyl groups is 1. The second-order valence-electron chi connectivity index (χ2n) is 12.0. The van der Waals surface area contributed by atoms with Gasteiger partial charge in [0, 0.05) is 5.41 Å². The van der Waals surface area contributed by atoms with Crippen LogP contribution < -0.4 is 15.8 Å². The van der Waals surface area contributed by atoms with E-state index in [2.05, 4.69) is 77.2 Å². The molecule has 0 aliphatic rings. The van der Waals surface area contributed by atoms with Crippen molar-refractivity contribution in [3.63, 3.8) is 0 Å². The largest absolute Gasteiger partial charge is 0.484 e. The fraction of sp³-hybridized carbons (Fsp3) is 0.576. The Morgan fingerprint density at radius 2 is 1.57 bits per heavy atom. The molecule has 222 valence electrons. The van der Waals surface area contributed by atoms with E-state index in [4.69, 9.17) is 10.5 Å². The number of rotatable bonds is 15. The molecule has 40 heavy (non-hydrogen) atoms. The highest BCUT2D eigenvalue weighted by Crippen LogP contribution is 2.41. The molecule has 0 aliphatic carbocycles. The number of aryl methyl sites for hydroxylation is 3. The smallest absolute Gasteiger partial charge is 0.326 e. The molecule has 1 unspecified atom stereocenters. The number of carboxylic acid groups (broad SMARTS) is 1. The molecule has 2 aromatic rings. The SMILES string of the molecule is CCC(CC)(c1ccc(CCC(O)C(C)(C)C)c(C)c1)c1ccc(OCC(=O)N[C@@H](CCCN)C(=O)O)c(C)c1. The summed E-state index contributed by atoms with van der Waals surface area (Å²) in [5, 5.41) is 22.3. The van der Waals surface area contributed by atoms with Gasteiger partial charge in [-0.1, -0.05) is 65.0 Å². The minimum absolute atomic E-state index is 0.129. The lowest BCUT2D eigenvalue weighted by molar-refractivity contribution is -0.142. The van der Waals surface area contributed by atoms with Crippen molar-refractivity contribution in [1.82, 2.24) is 5.32 Å². The first-order valence-electron chi connectivity index (χ1n) is 14.5. The van der Waals surface area contributed by atoms with Crippen molar-refractivity contribution in [2.45, 2.75) is 105 Å². The van der Waals surface area contributed by atoms with Crippen molar-refractivity contribution in [3.8, 4) is 5.75 Å². The van der Waals surface area contributed by atoms with Gasteiger partial charge in [0.2, 0.25) is 0 Å². The number of nitrogens with one attached hydrogen (secondary N) is 1. The fourth-order valence-corrected chi connectivity index (χ4v) is 5.30. The number of nitrogens with two attached hydrogens (primary N) is 1. The number of amides is 1. The van der Waals surface area contributed by atoms with E-state index in [1.165, 1.54) is 22.3 Å². The summed E-state index contributed by atoms with van der Waals surface area (Å²) < 4.78 is 5.78. The molecule has 2 rings (SSSR count). The Morgan fingerprint density at radius 1 is 0.975 bits per heavy atom. The third-order valence-corrected chi connectivity index (χ3v) is 8.21. The highest BCUT2D eigenvalue weighted by Gasteiger charge is 2.32. The molecule has 0 heterocycles. The van der Waals surface area contributed by atoms with Crippen LogP contribution in [0.5, 0.6) is 5.75 Å². The van der Waals surface area contributed by atoms with Crippen molar-refractivity contribution in [2.24, 2.45) is 11.1 Å². The summed E-state index contributed by atoms with van der Waals surface area (Å²) in [4.78, 5) is 23.8. The number of hydrogen-bond donors (Lipinski definition) is 4. The van der Waals surface area contributed by atoms with Gasteiger partial charge >= 0.3 is 5.97 Å². The van der Waals surface area contributed by atoms with E-state index >= 15 is 0 Å². The van der Waals surface area contributed by atoms with Crippen LogP contribution in [0.2, 0.25) is 0 Å². The van der Waals surface area contributed by atoms with Crippen molar-refractivity contribution in [2.75, 3.05) is 13.2 Å². The van der Waals surface area contributed by atoms with E-state index in [0.29, 0.717) is 18.7 Å². The van der Waals surface area contributed by atoms with E-state index in [9.17, 15) is 19.8 Å². The van der Waals surface area contributed by atoms with E-state index in [-0.39, 0.29) is 30.0 Å². The number of aliphatic hydroxyl groups excluding tert-OH is 1. The molecule has 5 N–H and O–H groups in total. The van der Waals surface area contributed by atoms with Gasteiger partial charge in [-0.25, -0.2) is 4.79 Å². The molecule has 0 bridgehead atoms. The molecule has 0 fully saturated rings. The van der Waals surface area contributed by atoms with Crippen LogP contribution in [-0.4, -0.2) is 47.4 Å². The maximum Gasteiger partial charge on any atom is 0.326 e. The molecule has 7 heteroatoms. The number of aliphatic carboxylic acids is 1. The molecular formula is C33H50N2O5. The van der Waals surface area contributed by atoms with Crippen LogP contribution in [0.25, 0.3) is 0 Å². The van der Waals surface area contributed by atoms with Gasteiger partial charge in [0.25, 0.3) is 5.91 Å². The molecule has 0 aliphatic heterocycles. The Labute approximate surface area is 240 Å². The maximum atomic E-state index is 12.4. The molecule has 7 nitrogen and oxygen atoms in total. The summed E-state index contributed by atoms with van der Waals surface area (Å²) in [7, 11) is 0. The Hall–Kier alpha value is -2.90. The van der Waals surface area contributed by atoms with Crippen LogP contribution in [0.15, 0.2) is 36.4 Å². The minimum atomic E-state index is -1.08. The lowest BCUT2D eigenvalue weighted by Gasteiger charge is -2.34. The zero-order valence-corrected chi connectivity index (χ0v) is 25.5. The van der Waals surface area contributed by atoms with Gasteiger partial charge < -0.3 is 26.0 Å². The standard InChI is InChI=1S/C33H50N2O5/c1-8-33(9-2,25-14-12-24(22(3)19-25)13-17-29(36)32(5,6)7)26-15-16-28(23(4)20-26)40-21-30(37)35-27(31(38)39)11-10-18-34/h12,14-16,19-20,27,29,36H,8-11,13,17-18,21,34H2,1-7H3,(H,35,37)(H,38,39)/t27-,29?/m0/s1. The molecule has 0 saturated carbocycles. The van der Waals surface area contributed by atoms with Gasteiger partial charge in [-0.3, -0.25) is 4.79 Å². The fourth-order valence-electron chi connectivity index (χ4n) is 5.30. The summed E-state index contributed by atoms with van der Waals surface area (Å²) in [6.07, 6.45) is 3.87. The van der Waals surface area contributed by atoms with Gasteiger partial charge in [-0.15, -0.1) is 0 Å². The molecule has 0 saturated heterocycles. The van der Waals surface area contributed by atoms with E-state index in [0.717, 1.165) is 31.2 Å². The van der Waals surface area contributed by atoms with Gasteiger partial charge in [-0.05, 0) is 98.2 Å². The normalized spacial score (nSPS) is 13.5. The van der Waals surface area contributed by atoms with Crippen molar-refractivity contribution < 1.29 is 24.5 Å². The van der Waals surface area contributed by atoms with Crippen molar-refractivity contribution in [1.29, 1.82) is 0 Å². The summed E-state index contributed by atoms with van der Waals surface area (Å²) in [5.74, 6) is -0.962. The number of hydrogen-bond acceptors (Lipinski definition) is 5. The Morgan fingerprint density at radius 3 is 2.08 bits per heavy atom. The Kier molecular flexibility index (Phi) is 12.2. The second-order valence-corrected chi connectivity index (χ2v) is 12.0. The van der Waals surface area contributed by atoms with Gasteiger partial charge in [0.15, 0.2) is 6.61 Å². The average molecular weight is 555 g/mol. The van der Waals surface area contributed by atoms with Crippen LogP contribution in [0.3, 0.4) is 0 Å². The molecule has 0 radical (unpaired) electrons. The molecule has 0 aromatic heterocycles. The highest BCUT2D eigenvalue weighted by molar-refractivity contribution is 5.84. The molecule has 1 amide bonds. The minimum Gasteiger partial charge on any atom is -0.484 e. The number of carbonyl (C=O) groups is 2. The van der Waals surface area contributed by atoms with Crippen LogP contribution >= 0.6 is 0 Å². The van der Waals surface area contributed by atoms with Gasteiger partial charge in [0.1, 0.15) is 11.8 Å². The predicted molar refractivity (Wildman–Crippen MR) is 161 cm³/mol. The summed E-state index contributed by atoms with van der Waals surface area (Å²) in [5.41, 5.74) is 11.0. The topological polar surface area (TPSA) is 122 Å². The van der Waals surface area contributed by atoms with E-state index in [1.54, 1.807) is 0 Å². The summed E-state index contributed by atoms with van der Waals surface area (Å²) in [6, 6.07) is 11.8. The van der Waals surface area contributed by atoms with Crippen molar-refractivity contribution in [3.05, 3.63) is 64.2 Å². The lowest BCUT2D eigenvalue weighted by atomic mass is 9.69. The first-order valence-corrected chi connectivity index (χ1v) is 14.5. The number of benzene rings is 2. The monoisotopic (exact) mass is 554 g/mol. The van der Waals surface area contributed by atoms with Crippen LogP contribution in [0.1, 0.15) is 94.5 Å². The van der Waals surface area contributed by atoms with Crippen molar-refractivity contribution >= 4 is 11.9 Å². The molecule has 2 atom stereocenters. The van der Waals surface area contributed by atoms with Crippen LogP contribution in [-0.2, 0) is 21.4 Å². The van der Waals surface area contributed by atoms with Crippen LogP contribution in [0, 0.1) is 19.3 Å². The first-order chi connectivity index (χ1) is 18.8. The Bertz CT molecular complexity index is 1130. The second kappa shape index (κ2) is 14.6. The lowest BCUT2D eigenvalue weighted by Crippen LogP contribution is -2.43. The molecule has 0 spiro atoms. The molecular weight excluding hydrogens is 504 g/mol. The zero-order valence-electron chi connectivity index (χ0n) is 25.5. The average Bonchev–Trinajstić information content (AvgIpc) is 2.90. The number of carbonyl (C=O) groups excluding carboxylic acids is 1. The first kappa shape index (κ1) is 33.3. The third-order valence-electron chi connectivity index (χ3n) is 8.21. The third kappa shape index (κ3) is 8.55. The summed E-state index contributed by atoms with van der Waals surface area (Å²) >= 11 is 0. The molecule has 2 aromatic carbocycles.